The highest BCUT2D eigenvalue weighted by Gasteiger charge is 2.18. The summed E-state index contributed by atoms with van der Waals surface area (Å²) in [6, 6.07) is 7.87. The number of nitriles is 1. The highest BCUT2D eigenvalue weighted by molar-refractivity contribution is 5.77. The summed E-state index contributed by atoms with van der Waals surface area (Å²) in [6.45, 7) is 11.9. The molecule has 0 atom stereocenters. The van der Waals surface area contributed by atoms with Crippen LogP contribution in [0.3, 0.4) is 0 Å². The Kier molecular flexibility index (Phi) is 11.0. The van der Waals surface area contributed by atoms with E-state index in [2.05, 4.69) is 65.3 Å². The Hall–Kier alpha value is -3.54. The van der Waals surface area contributed by atoms with E-state index in [-0.39, 0.29) is 6.10 Å². The molecule has 0 unspecified atom stereocenters. The fourth-order valence-electron chi connectivity index (χ4n) is 4.59. The number of ether oxygens (including phenoxy) is 2. The number of benzene rings is 1. The molecule has 8 nitrogen and oxygen atoms in total. The van der Waals surface area contributed by atoms with Crippen molar-refractivity contribution in [2.75, 3.05) is 53.5 Å². The van der Waals surface area contributed by atoms with Gasteiger partial charge in [0.1, 0.15) is 17.9 Å². The Balaban J connectivity index is 1.86. The number of likely N-dealkylation sites (N-methyl/N-ethyl adjacent to an activating group) is 2. The normalized spacial score (nSPS) is 19.4. The molecule has 2 fully saturated rings. The maximum Gasteiger partial charge on any atom is 0.137 e. The van der Waals surface area contributed by atoms with Crippen LogP contribution >= 0.6 is 0 Å². The van der Waals surface area contributed by atoms with Crippen LogP contribution in [0, 0.1) is 11.3 Å². The third kappa shape index (κ3) is 7.98. The molecule has 1 aromatic carbocycles. The van der Waals surface area contributed by atoms with Gasteiger partial charge in [-0.05, 0) is 69.3 Å². The first kappa shape index (κ1) is 29.0. The number of nitrogens with zero attached hydrogens (tertiary/aromatic N) is 4. The maximum absolute atomic E-state index is 9.82. The topological polar surface area (TPSA) is 99.1 Å². The lowest BCUT2D eigenvalue weighted by Crippen LogP contribution is -2.43. The predicted octanol–water partition coefficient (Wildman–Crippen LogP) is 4.03. The monoisotopic (exact) mass is 518 g/mol. The first-order chi connectivity index (χ1) is 18.4. The van der Waals surface area contributed by atoms with Gasteiger partial charge in [-0.2, -0.15) is 5.26 Å². The Bertz CT molecular complexity index is 1140. The van der Waals surface area contributed by atoms with Crippen LogP contribution in [0.4, 0.5) is 0 Å². The van der Waals surface area contributed by atoms with Crippen molar-refractivity contribution < 1.29 is 9.47 Å². The molecule has 0 aliphatic carbocycles. The van der Waals surface area contributed by atoms with Crippen LogP contribution in [0.15, 0.2) is 64.0 Å². The average molecular weight is 519 g/mol. The molecule has 2 aliphatic rings. The van der Waals surface area contributed by atoms with Crippen LogP contribution in [-0.2, 0) is 4.74 Å². The van der Waals surface area contributed by atoms with Gasteiger partial charge in [0, 0.05) is 63.0 Å². The summed E-state index contributed by atoms with van der Waals surface area (Å²) in [4.78, 5) is 9.24. The number of hydrogen-bond acceptors (Lipinski definition) is 7. The van der Waals surface area contributed by atoms with Gasteiger partial charge in [-0.15, -0.1) is 0 Å². The third-order valence-electron chi connectivity index (χ3n) is 7.04. The SMILES string of the molecule is CNC(=C\C(C)=C(\N=C/N)c1ccc(OC2CCOCC2)c(C#N)c1)/C(C)=C/C=C(\C)N1CCN(C)CC1. The highest BCUT2D eigenvalue weighted by atomic mass is 16.5. The fraction of sp³-hybridized carbons (Fsp3) is 0.467. The number of rotatable bonds is 9. The molecule has 0 bridgehead atoms. The second-order valence-corrected chi connectivity index (χ2v) is 9.82. The summed E-state index contributed by atoms with van der Waals surface area (Å²) < 4.78 is 11.5. The summed E-state index contributed by atoms with van der Waals surface area (Å²) in [5.74, 6) is 0.588. The van der Waals surface area contributed by atoms with Crippen molar-refractivity contribution in [3.8, 4) is 11.8 Å². The number of aliphatic imine (C=N–C) groups is 1. The van der Waals surface area contributed by atoms with E-state index in [0.29, 0.717) is 30.2 Å². The Morgan fingerprint density at radius 3 is 2.50 bits per heavy atom. The minimum Gasteiger partial charge on any atom is -0.489 e. The van der Waals surface area contributed by atoms with Crippen LogP contribution in [0.25, 0.3) is 5.70 Å². The first-order valence-electron chi connectivity index (χ1n) is 13.3. The fourth-order valence-corrected chi connectivity index (χ4v) is 4.59. The lowest BCUT2D eigenvalue weighted by Gasteiger charge is -2.34. The van der Waals surface area contributed by atoms with Crippen molar-refractivity contribution in [2.45, 2.75) is 39.7 Å². The molecule has 204 valence electrons. The summed E-state index contributed by atoms with van der Waals surface area (Å²) in [5, 5.41) is 13.1. The van der Waals surface area contributed by atoms with E-state index in [1.807, 2.05) is 32.2 Å². The molecule has 2 heterocycles. The van der Waals surface area contributed by atoms with Gasteiger partial charge in [-0.1, -0.05) is 6.08 Å². The lowest BCUT2D eigenvalue weighted by atomic mass is 10.0. The molecule has 0 amide bonds. The molecular formula is C30H42N6O2. The van der Waals surface area contributed by atoms with Crippen molar-refractivity contribution >= 4 is 12.0 Å². The Labute approximate surface area is 227 Å². The van der Waals surface area contributed by atoms with Crippen LogP contribution in [0.1, 0.15) is 44.7 Å². The van der Waals surface area contributed by atoms with E-state index in [4.69, 9.17) is 15.2 Å². The van der Waals surface area contributed by atoms with Gasteiger partial charge in [-0.25, -0.2) is 4.99 Å². The van der Waals surface area contributed by atoms with E-state index < -0.39 is 0 Å². The molecule has 3 rings (SSSR count). The molecule has 2 aliphatic heterocycles. The van der Waals surface area contributed by atoms with Crippen LogP contribution < -0.4 is 15.8 Å². The maximum atomic E-state index is 9.82. The lowest BCUT2D eigenvalue weighted by molar-refractivity contribution is 0.0254. The molecule has 0 saturated carbocycles. The summed E-state index contributed by atoms with van der Waals surface area (Å²) in [5.41, 5.74) is 12.0. The molecule has 8 heteroatoms. The molecule has 0 aromatic heterocycles. The minimum atomic E-state index is 0.0605. The average Bonchev–Trinajstić information content (AvgIpc) is 2.94. The molecule has 1 aromatic rings. The van der Waals surface area contributed by atoms with E-state index in [9.17, 15) is 5.26 Å². The molecule has 2 saturated heterocycles. The largest absolute Gasteiger partial charge is 0.489 e. The van der Waals surface area contributed by atoms with E-state index >= 15 is 0 Å². The second kappa shape index (κ2) is 14.4. The van der Waals surface area contributed by atoms with Crippen molar-refractivity contribution in [2.24, 2.45) is 10.7 Å². The standard InChI is InChI=1S/C30H42N6O2/c1-22(6-7-24(3)36-14-12-35(5)13-15-36)28(33-4)18-23(2)30(34-21-32)25-8-9-29(26(19-25)20-31)38-27-10-16-37-17-11-27/h6-9,18-19,21,27,33H,10-17H2,1-5H3,(H2,32,34)/b22-6+,24-7+,28-18-,30-23+. The Morgan fingerprint density at radius 2 is 1.87 bits per heavy atom. The predicted molar refractivity (Wildman–Crippen MR) is 155 cm³/mol. The zero-order chi connectivity index (χ0) is 27.5. The smallest absolute Gasteiger partial charge is 0.137 e. The van der Waals surface area contributed by atoms with E-state index in [1.54, 1.807) is 0 Å². The zero-order valence-corrected chi connectivity index (χ0v) is 23.5. The molecule has 3 N–H and O–H groups in total. The van der Waals surface area contributed by atoms with Crippen LogP contribution in [-0.4, -0.2) is 75.7 Å². The van der Waals surface area contributed by atoms with E-state index in [0.717, 1.165) is 61.4 Å². The summed E-state index contributed by atoms with van der Waals surface area (Å²) in [6.07, 6.45) is 9.38. The van der Waals surface area contributed by atoms with Gasteiger partial charge in [0.05, 0.1) is 30.8 Å². The third-order valence-corrected chi connectivity index (χ3v) is 7.04. The molecule has 0 radical (unpaired) electrons. The zero-order valence-electron chi connectivity index (χ0n) is 23.5. The second-order valence-electron chi connectivity index (χ2n) is 9.82. The first-order valence-corrected chi connectivity index (χ1v) is 13.3. The van der Waals surface area contributed by atoms with Gasteiger partial charge in [0.2, 0.25) is 0 Å². The van der Waals surface area contributed by atoms with Gasteiger partial charge in [0.25, 0.3) is 0 Å². The summed E-state index contributed by atoms with van der Waals surface area (Å²) >= 11 is 0. The van der Waals surface area contributed by atoms with Gasteiger partial charge < -0.3 is 30.3 Å². The number of piperazine rings is 1. The van der Waals surface area contributed by atoms with Gasteiger partial charge >= 0.3 is 0 Å². The quantitative estimate of drug-likeness (QED) is 0.289. The molecular weight excluding hydrogens is 476 g/mol. The van der Waals surface area contributed by atoms with Crippen molar-refractivity contribution in [3.63, 3.8) is 0 Å². The number of allylic oxidation sites excluding steroid dienone is 6. The van der Waals surface area contributed by atoms with Gasteiger partial charge in [0.15, 0.2) is 0 Å². The van der Waals surface area contributed by atoms with Crippen LogP contribution in [0.2, 0.25) is 0 Å². The number of hydrogen-bond donors (Lipinski definition) is 2. The van der Waals surface area contributed by atoms with Gasteiger partial charge in [-0.3, -0.25) is 0 Å². The van der Waals surface area contributed by atoms with Crippen molar-refractivity contribution in [3.05, 3.63) is 70.1 Å². The molecule has 38 heavy (non-hydrogen) atoms. The Morgan fingerprint density at radius 1 is 1.16 bits per heavy atom. The van der Waals surface area contributed by atoms with Crippen molar-refractivity contribution in [1.82, 2.24) is 15.1 Å². The number of nitrogens with one attached hydrogen (secondary N) is 1. The highest BCUT2D eigenvalue weighted by Crippen LogP contribution is 2.29. The molecule has 0 spiro atoms. The van der Waals surface area contributed by atoms with Crippen LogP contribution in [0.5, 0.6) is 5.75 Å². The summed E-state index contributed by atoms with van der Waals surface area (Å²) in [7, 11) is 4.08. The number of nitrogens with two attached hydrogens (primary N) is 1. The van der Waals surface area contributed by atoms with Crippen molar-refractivity contribution in [1.29, 1.82) is 5.26 Å². The van der Waals surface area contributed by atoms with E-state index in [1.165, 1.54) is 12.0 Å². The minimum absolute atomic E-state index is 0.0605.